The van der Waals surface area contributed by atoms with Crippen LogP contribution in [0.1, 0.15) is 31.9 Å². The van der Waals surface area contributed by atoms with Crippen molar-refractivity contribution >= 4 is 26.6 Å². The smallest absolute Gasteiger partial charge is 0.263 e. The Morgan fingerprint density at radius 2 is 1.69 bits per heavy atom. The maximum atomic E-state index is 12.8. The third-order valence-corrected chi connectivity index (χ3v) is 4.77. The van der Waals surface area contributed by atoms with Gasteiger partial charge < -0.3 is 4.57 Å². The summed E-state index contributed by atoms with van der Waals surface area (Å²) in [6.45, 7) is 4.06. The third-order valence-electron chi connectivity index (χ3n) is 4.17. The van der Waals surface area contributed by atoms with Gasteiger partial charge in [0.25, 0.3) is 6.43 Å². The van der Waals surface area contributed by atoms with Gasteiger partial charge in [0, 0.05) is 28.8 Å². The first kappa shape index (κ1) is 18.4. The number of nitrogens with one attached hydrogen (secondary N) is 1. The van der Waals surface area contributed by atoms with Crippen molar-refractivity contribution in [1.29, 1.82) is 0 Å². The molecule has 0 aliphatic heterocycles. The van der Waals surface area contributed by atoms with Gasteiger partial charge in [0.2, 0.25) is 10.0 Å². The van der Waals surface area contributed by atoms with Crippen molar-refractivity contribution in [3.8, 4) is 11.1 Å². The van der Waals surface area contributed by atoms with Gasteiger partial charge in [-0.2, -0.15) is 0 Å². The van der Waals surface area contributed by atoms with E-state index in [4.69, 9.17) is 0 Å². The minimum atomic E-state index is -3.37. The quantitative estimate of drug-likeness (QED) is 0.663. The van der Waals surface area contributed by atoms with E-state index < -0.39 is 16.4 Å². The van der Waals surface area contributed by atoms with Crippen LogP contribution in [0.4, 0.5) is 14.5 Å². The monoisotopic (exact) mass is 378 g/mol. The highest BCUT2D eigenvalue weighted by molar-refractivity contribution is 7.92. The van der Waals surface area contributed by atoms with Crippen LogP contribution in [0.25, 0.3) is 22.0 Å². The molecule has 26 heavy (non-hydrogen) atoms. The van der Waals surface area contributed by atoms with E-state index in [9.17, 15) is 17.2 Å². The normalized spacial score (nSPS) is 12.3. The van der Waals surface area contributed by atoms with Crippen LogP contribution in [0.3, 0.4) is 0 Å². The van der Waals surface area contributed by atoms with Crippen molar-refractivity contribution in [2.24, 2.45) is 0 Å². The van der Waals surface area contributed by atoms with E-state index in [1.807, 2.05) is 30.7 Å². The van der Waals surface area contributed by atoms with Gasteiger partial charge in [0.15, 0.2) is 0 Å². The third kappa shape index (κ3) is 3.72. The second-order valence-corrected chi connectivity index (χ2v) is 8.32. The zero-order valence-electron chi connectivity index (χ0n) is 14.7. The Kier molecular flexibility index (Phi) is 4.75. The molecule has 3 aromatic rings. The standard InChI is InChI=1S/C19H20F2N2O2S/c1-12(2)23-11-17(13-4-6-14(7-5-13)19(20)21)16-9-8-15(10-18(16)23)22-26(3,24)25/h4-12,19,22H,1-3H3. The maximum Gasteiger partial charge on any atom is 0.263 e. The molecule has 0 aliphatic rings. The fraction of sp³-hybridized carbons (Fsp3) is 0.263. The number of nitrogens with zero attached hydrogens (tertiary/aromatic N) is 1. The number of hydrogen-bond acceptors (Lipinski definition) is 2. The Morgan fingerprint density at radius 1 is 1.04 bits per heavy atom. The van der Waals surface area contributed by atoms with Crippen molar-refractivity contribution in [3.05, 3.63) is 54.2 Å². The van der Waals surface area contributed by atoms with Gasteiger partial charge >= 0.3 is 0 Å². The van der Waals surface area contributed by atoms with Gasteiger partial charge in [-0.1, -0.05) is 30.3 Å². The molecule has 0 fully saturated rings. The number of alkyl halides is 2. The Balaban J connectivity index is 2.14. The Bertz CT molecular complexity index is 1040. The lowest BCUT2D eigenvalue weighted by atomic mass is 10.0. The summed E-state index contributed by atoms with van der Waals surface area (Å²) in [5.74, 6) is 0. The molecule has 4 nitrogen and oxygen atoms in total. The summed E-state index contributed by atoms with van der Waals surface area (Å²) in [7, 11) is -3.37. The molecule has 1 N–H and O–H groups in total. The van der Waals surface area contributed by atoms with Crippen LogP contribution < -0.4 is 4.72 Å². The molecule has 1 aromatic heterocycles. The molecule has 1 heterocycles. The van der Waals surface area contributed by atoms with Crippen LogP contribution in [0.2, 0.25) is 0 Å². The largest absolute Gasteiger partial charge is 0.344 e. The lowest BCUT2D eigenvalue weighted by molar-refractivity contribution is 0.151. The van der Waals surface area contributed by atoms with Crippen molar-refractivity contribution in [2.45, 2.75) is 26.3 Å². The SMILES string of the molecule is CC(C)n1cc(-c2ccc(C(F)F)cc2)c2ccc(NS(C)(=O)=O)cc21. The van der Waals surface area contributed by atoms with Gasteiger partial charge in [-0.3, -0.25) is 4.72 Å². The minimum Gasteiger partial charge on any atom is -0.344 e. The molecule has 7 heteroatoms. The first-order valence-electron chi connectivity index (χ1n) is 8.16. The second-order valence-electron chi connectivity index (χ2n) is 6.57. The van der Waals surface area contributed by atoms with Gasteiger partial charge in [0.05, 0.1) is 17.5 Å². The molecule has 0 bridgehead atoms. The molecule has 0 atom stereocenters. The Hall–Kier alpha value is -2.41. The summed E-state index contributed by atoms with van der Waals surface area (Å²) in [6, 6.07) is 11.7. The van der Waals surface area contributed by atoms with Gasteiger partial charge in [0.1, 0.15) is 0 Å². The summed E-state index contributed by atoms with van der Waals surface area (Å²) in [4.78, 5) is 0. The summed E-state index contributed by atoms with van der Waals surface area (Å²) in [6.07, 6.45) is 0.580. The van der Waals surface area contributed by atoms with Crippen LogP contribution in [0.15, 0.2) is 48.7 Å². The van der Waals surface area contributed by atoms with E-state index in [1.54, 1.807) is 24.3 Å². The number of anilines is 1. The van der Waals surface area contributed by atoms with Crippen molar-refractivity contribution < 1.29 is 17.2 Å². The van der Waals surface area contributed by atoms with Crippen molar-refractivity contribution in [2.75, 3.05) is 11.0 Å². The van der Waals surface area contributed by atoms with E-state index in [1.165, 1.54) is 12.1 Å². The summed E-state index contributed by atoms with van der Waals surface area (Å²) in [5, 5.41) is 0.933. The molecule has 138 valence electrons. The number of aromatic nitrogens is 1. The maximum absolute atomic E-state index is 12.8. The first-order valence-corrected chi connectivity index (χ1v) is 10.1. The average Bonchev–Trinajstić information content (AvgIpc) is 2.92. The number of sulfonamides is 1. The molecular weight excluding hydrogens is 358 g/mol. The van der Waals surface area contributed by atoms with Crippen LogP contribution >= 0.6 is 0 Å². The van der Waals surface area contributed by atoms with E-state index in [0.717, 1.165) is 28.3 Å². The molecule has 2 aromatic carbocycles. The lowest BCUT2D eigenvalue weighted by Gasteiger charge is -2.10. The number of rotatable bonds is 5. The molecule has 3 rings (SSSR count). The topological polar surface area (TPSA) is 51.1 Å². The van der Waals surface area contributed by atoms with Gasteiger partial charge in [-0.15, -0.1) is 0 Å². The Labute approximate surface area is 151 Å². The number of hydrogen-bond donors (Lipinski definition) is 1. The van der Waals surface area contributed by atoms with Crippen LogP contribution in [-0.4, -0.2) is 19.2 Å². The molecular formula is C19H20F2N2O2S. The summed E-state index contributed by atoms with van der Waals surface area (Å²) in [5.41, 5.74) is 3.10. The Morgan fingerprint density at radius 3 is 2.23 bits per heavy atom. The molecule has 0 saturated carbocycles. The molecule has 0 amide bonds. The second kappa shape index (κ2) is 6.72. The van der Waals surface area contributed by atoms with Crippen LogP contribution in [0, 0.1) is 0 Å². The molecule has 0 aliphatic carbocycles. The molecule has 0 unspecified atom stereocenters. The molecule has 0 radical (unpaired) electrons. The molecule has 0 spiro atoms. The van der Waals surface area contributed by atoms with Crippen molar-refractivity contribution in [3.63, 3.8) is 0 Å². The highest BCUT2D eigenvalue weighted by atomic mass is 32.2. The zero-order chi connectivity index (χ0) is 19.1. The zero-order valence-corrected chi connectivity index (χ0v) is 15.5. The summed E-state index contributed by atoms with van der Waals surface area (Å²) >= 11 is 0. The summed E-state index contributed by atoms with van der Waals surface area (Å²) < 4.78 is 53.1. The average molecular weight is 378 g/mol. The predicted octanol–water partition coefficient (Wildman–Crippen LogP) is 5.20. The van der Waals surface area contributed by atoms with Gasteiger partial charge in [-0.25, -0.2) is 17.2 Å². The van der Waals surface area contributed by atoms with E-state index in [2.05, 4.69) is 4.72 Å². The first-order chi connectivity index (χ1) is 12.2. The minimum absolute atomic E-state index is 0.0130. The lowest BCUT2D eigenvalue weighted by Crippen LogP contribution is -2.09. The highest BCUT2D eigenvalue weighted by Crippen LogP contribution is 2.35. The van der Waals surface area contributed by atoms with Crippen LogP contribution in [-0.2, 0) is 10.0 Å². The fourth-order valence-corrected chi connectivity index (χ4v) is 3.55. The van der Waals surface area contributed by atoms with E-state index in [0.29, 0.717) is 5.69 Å². The van der Waals surface area contributed by atoms with Crippen LogP contribution in [0.5, 0.6) is 0 Å². The fourth-order valence-electron chi connectivity index (χ4n) is 2.99. The van der Waals surface area contributed by atoms with E-state index >= 15 is 0 Å². The number of fused-ring (bicyclic) bond motifs is 1. The van der Waals surface area contributed by atoms with E-state index in [-0.39, 0.29) is 11.6 Å². The number of halogens is 2. The number of benzene rings is 2. The molecule has 0 saturated heterocycles. The predicted molar refractivity (Wildman–Crippen MR) is 101 cm³/mol. The highest BCUT2D eigenvalue weighted by Gasteiger charge is 2.15. The van der Waals surface area contributed by atoms with Gasteiger partial charge in [-0.05, 0) is 31.5 Å². The van der Waals surface area contributed by atoms with Crippen molar-refractivity contribution in [1.82, 2.24) is 4.57 Å².